The first kappa shape index (κ1) is 11.2. The van der Waals surface area contributed by atoms with Crippen molar-refractivity contribution in [2.24, 2.45) is 0 Å². The standard InChI is InChI=1S/C12H19NO/c1-10(14-3)12-6-4-5-11(9-12)7-8-13-2/h4-6,9-10,13H,7-8H2,1-3H3. The van der Waals surface area contributed by atoms with Crippen LogP contribution in [0.3, 0.4) is 0 Å². The molecule has 0 spiro atoms. The quantitative estimate of drug-likeness (QED) is 0.773. The summed E-state index contributed by atoms with van der Waals surface area (Å²) in [5, 5.41) is 3.15. The molecule has 1 unspecified atom stereocenters. The van der Waals surface area contributed by atoms with E-state index in [9.17, 15) is 0 Å². The molecule has 1 atom stereocenters. The smallest absolute Gasteiger partial charge is 0.0793 e. The van der Waals surface area contributed by atoms with E-state index in [0.29, 0.717) is 0 Å². The second-order valence-corrected chi connectivity index (χ2v) is 3.48. The molecule has 0 saturated carbocycles. The third-order valence-electron chi connectivity index (χ3n) is 2.44. The van der Waals surface area contributed by atoms with Crippen LogP contribution in [0.15, 0.2) is 24.3 Å². The molecule has 14 heavy (non-hydrogen) atoms. The lowest BCUT2D eigenvalue weighted by Crippen LogP contribution is -2.10. The molecule has 0 fully saturated rings. The average molecular weight is 193 g/mol. The van der Waals surface area contributed by atoms with E-state index >= 15 is 0 Å². The molecule has 0 aliphatic rings. The highest BCUT2D eigenvalue weighted by Crippen LogP contribution is 2.16. The third kappa shape index (κ3) is 3.13. The van der Waals surface area contributed by atoms with Gasteiger partial charge in [-0.3, -0.25) is 0 Å². The topological polar surface area (TPSA) is 21.3 Å². The Morgan fingerprint density at radius 2 is 2.21 bits per heavy atom. The van der Waals surface area contributed by atoms with Gasteiger partial charge in [0.25, 0.3) is 0 Å². The third-order valence-corrected chi connectivity index (χ3v) is 2.44. The van der Waals surface area contributed by atoms with Crippen LogP contribution in [0.25, 0.3) is 0 Å². The molecule has 1 aromatic carbocycles. The van der Waals surface area contributed by atoms with Crippen molar-refractivity contribution in [2.75, 3.05) is 20.7 Å². The monoisotopic (exact) mass is 193 g/mol. The summed E-state index contributed by atoms with van der Waals surface area (Å²) in [5.74, 6) is 0. The van der Waals surface area contributed by atoms with E-state index in [4.69, 9.17) is 4.74 Å². The van der Waals surface area contributed by atoms with Crippen molar-refractivity contribution in [1.82, 2.24) is 5.32 Å². The Kier molecular flexibility index (Phi) is 4.63. The van der Waals surface area contributed by atoms with Gasteiger partial charge in [0.05, 0.1) is 6.10 Å². The zero-order valence-electron chi connectivity index (χ0n) is 9.21. The van der Waals surface area contributed by atoms with Gasteiger partial charge in [-0.25, -0.2) is 0 Å². The maximum Gasteiger partial charge on any atom is 0.0793 e. The van der Waals surface area contributed by atoms with Gasteiger partial charge in [-0.15, -0.1) is 0 Å². The van der Waals surface area contributed by atoms with E-state index in [-0.39, 0.29) is 6.10 Å². The minimum Gasteiger partial charge on any atom is -0.377 e. The van der Waals surface area contributed by atoms with Crippen LogP contribution in [0.5, 0.6) is 0 Å². The van der Waals surface area contributed by atoms with E-state index in [1.54, 1.807) is 7.11 Å². The molecule has 0 aliphatic heterocycles. The predicted octanol–water partition coefficient (Wildman–Crippen LogP) is 2.16. The van der Waals surface area contributed by atoms with E-state index in [1.165, 1.54) is 11.1 Å². The lowest BCUT2D eigenvalue weighted by atomic mass is 10.1. The highest BCUT2D eigenvalue weighted by molar-refractivity contribution is 5.25. The molecular formula is C12H19NO. The van der Waals surface area contributed by atoms with Crippen LogP contribution >= 0.6 is 0 Å². The first-order valence-electron chi connectivity index (χ1n) is 5.04. The maximum atomic E-state index is 5.28. The maximum absolute atomic E-state index is 5.28. The van der Waals surface area contributed by atoms with Gasteiger partial charge in [0.2, 0.25) is 0 Å². The predicted molar refractivity (Wildman–Crippen MR) is 59.5 cm³/mol. The van der Waals surface area contributed by atoms with E-state index in [0.717, 1.165) is 13.0 Å². The summed E-state index contributed by atoms with van der Waals surface area (Å²) in [7, 11) is 3.71. The summed E-state index contributed by atoms with van der Waals surface area (Å²) in [5.41, 5.74) is 2.61. The number of likely N-dealkylation sites (N-methyl/N-ethyl adjacent to an activating group) is 1. The molecule has 1 rings (SSSR count). The molecule has 0 aliphatic carbocycles. The minimum absolute atomic E-state index is 0.185. The van der Waals surface area contributed by atoms with Crippen LogP contribution in [-0.2, 0) is 11.2 Å². The summed E-state index contributed by atoms with van der Waals surface area (Å²) < 4.78 is 5.28. The highest BCUT2D eigenvalue weighted by atomic mass is 16.5. The molecule has 2 nitrogen and oxygen atoms in total. The van der Waals surface area contributed by atoms with Crippen LogP contribution in [0.2, 0.25) is 0 Å². The Labute approximate surface area is 86.3 Å². The zero-order chi connectivity index (χ0) is 10.4. The second kappa shape index (κ2) is 5.78. The number of nitrogens with one attached hydrogen (secondary N) is 1. The van der Waals surface area contributed by atoms with Crippen LogP contribution in [0.1, 0.15) is 24.2 Å². The summed E-state index contributed by atoms with van der Waals surface area (Å²) in [4.78, 5) is 0. The van der Waals surface area contributed by atoms with E-state index in [1.807, 2.05) is 7.05 Å². The minimum atomic E-state index is 0.185. The Bertz CT molecular complexity index is 273. The average Bonchev–Trinajstić information content (AvgIpc) is 2.25. The first-order valence-corrected chi connectivity index (χ1v) is 5.04. The van der Waals surface area contributed by atoms with E-state index < -0.39 is 0 Å². The fourth-order valence-corrected chi connectivity index (χ4v) is 1.41. The van der Waals surface area contributed by atoms with Crippen molar-refractivity contribution in [3.05, 3.63) is 35.4 Å². The van der Waals surface area contributed by atoms with Crippen molar-refractivity contribution in [3.63, 3.8) is 0 Å². The fraction of sp³-hybridized carbons (Fsp3) is 0.500. The Morgan fingerprint density at radius 1 is 1.43 bits per heavy atom. The molecular weight excluding hydrogens is 174 g/mol. The van der Waals surface area contributed by atoms with Crippen LogP contribution < -0.4 is 5.32 Å². The number of rotatable bonds is 5. The van der Waals surface area contributed by atoms with Gasteiger partial charge in [-0.05, 0) is 38.1 Å². The first-order chi connectivity index (χ1) is 6.77. The molecule has 0 heterocycles. The van der Waals surface area contributed by atoms with Gasteiger partial charge in [0.15, 0.2) is 0 Å². The second-order valence-electron chi connectivity index (χ2n) is 3.48. The summed E-state index contributed by atoms with van der Waals surface area (Å²) in [6.07, 6.45) is 1.25. The van der Waals surface area contributed by atoms with Crippen molar-refractivity contribution in [2.45, 2.75) is 19.4 Å². The molecule has 78 valence electrons. The SMILES string of the molecule is CNCCc1cccc(C(C)OC)c1. The molecule has 1 N–H and O–H groups in total. The fourth-order valence-electron chi connectivity index (χ4n) is 1.41. The lowest BCUT2D eigenvalue weighted by molar-refractivity contribution is 0.119. The summed E-state index contributed by atoms with van der Waals surface area (Å²) in [6.45, 7) is 3.09. The zero-order valence-corrected chi connectivity index (χ0v) is 9.21. The number of hydrogen-bond donors (Lipinski definition) is 1. The molecule has 0 bridgehead atoms. The number of hydrogen-bond acceptors (Lipinski definition) is 2. The van der Waals surface area contributed by atoms with Crippen molar-refractivity contribution in [1.29, 1.82) is 0 Å². The van der Waals surface area contributed by atoms with Crippen molar-refractivity contribution >= 4 is 0 Å². The number of benzene rings is 1. The Morgan fingerprint density at radius 3 is 2.86 bits per heavy atom. The highest BCUT2D eigenvalue weighted by Gasteiger charge is 2.03. The van der Waals surface area contributed by atoms with Crippen LogP contribution in [0, 0.1) is 0 Å². The van der Waals surface area contributed by atoms with Crippen molar-refractivity contribution < 1.29 is 4.74 Å². The van der Waals surface area contributed by atoms with Gasteiger partial charge < -0.3 is 10.1 Å². The summed E-state index contributed by atoms with van der Waals surface area (Å²) in [6, 6.07) is 8.57. The van der Waals surface area contributed by atoms with Crippen molar-refractivity contribution in [3.8, 4) is 0 Å². The van der Waals surface area contributed by atoms with Gasteiger partial charge >= 0.3 is 0 Å². The number of ether oxygens (including phenoxy) is 1. The molecule has 0 saturated heterocycles. The number of methoxy groups -OCH3 is 1. The van der Waals surface area contributed by atoms with Gasteiger partial charge in [-0.1, -0.05) is 24.3 Å². The molecule has 2 heteroatoms. The van der Waals surface area contributed by atoms with Gasteiger partial charge in [-0.2, -0.15) is 0 Å². The van der Waals surface area contributed by atoms with Crippen LogP contribution in [0.4, 0.5) is 0 Å². The van der Waals surface area contributed by atoms with Gasteiger partial charge in [0, 0.05) is 7.11 Å². The molecule has 0 aromatic heterocycles. The molecule has 0 amide bonds. The van der Waals surface area contributed by atoms with E-state index in [2.05, 4.69) is 36.5 Å². The van der Waals surface area contributed by atoms with Crippen LogP contribution in [-0.4, -0.2) is 20.7 Å². The molecule has 1 aromatic rings. The Hall–Kier alpha value is -0.860. The largest absolute Gasteiger partial charge is 0.377 e. The molecule has 0 radical (unpaired) electrons. The summed E-state index contributed by atoms with van der Waals surface area (Å²) >= 11 is 0. The van der Waals surface area contributed by atoms with Gasteiger partial charge in [0.1, 0.15) is 0 Å². The lowest BCUT2D eigenvalue weighted by Gasteiger charge is -2.11. The Balaban J connectivity index is 2.68. The normalized spacial score (nSPS) is 12.8.